The summed E-state index contributed by atoms with van der Waals surface area (Å²) in [5.41, 5.74) is 1.44. The van der Waals surface area contributed by atoms with E-state index < -0.39 is 0 Å². The first-order valence-corrected chi connectivity index (χ1v) is 7.05. The molecule has 2 rings (SSSR count). The van der Waals surface area contributed by atoms with Crippen molar-refractivity contribution in [3.05, 3.63) is 30.0 Å². The maximum atomic E-state index is 12.1. The lowest BCUT2D eigenvalue weighted by Gasteiger charge is -2.03. The molecule has 0 radical (unpaired) electrons. The van der Waals surface area contributed by atoms with Crippen LogP contribution in [0.4, 0.5) is 0 Å². The molecule has 5 heteroatoms. The Morgan fingerprint density at radius 3 is 2.80 bits per heavy atom. The number of fused-ring (bicyclic) bond motifs is 1. The Bertz CT molecular complexity index is 578. The van der Waals surface area contributed by atoms with Crippen molar-refractivity contribution in [3.63, 3.8) is 0 Å². The van der Waals surface area contributed by atoms with Gasteiger partial charge in [0.1, 0.15) is 0 Å². The lowest BCUT2D eigenvalue weighted by atomic mass is 10.2. The second-order valence-corrected chi connectivity index (χ2v) is 4.88. The Morgan fingerprint density at radius 1 is 1.25 bits per heavy atom. The maximum Gasteiger partial charge on any atom is 0.272 e. The minimum Gasteiger partial charge on any atom is -0.396 e. The van der Waals surface area contributed by atoms with E-state index in [1.807, 2.05) is 31.3 Å². The number of nitrogens with one attached hydrogen (secondary N) is 1. The van der Waals surface area contributed by atoms with E-state index in [0.717, 1.165) is 36.6 Å². The van der Waals surface area contributed by atoms with Crippen LogP contribution in [-0.4, -0.2) is 33.9 Å². The fraction of sp³-hybridized carbons (Fsp3) is 0.467. The number of para-hydroxylation sites is 1. The quantitative estimate of drug-likeness (QED) is 0.758. The topological polar surface area (TPSA) is 67.2 Å². The van der Waals surface area contributed by atoms with Crippen molar-refractivity contribution in [2.75, 3.05) is 13.2 Å². The molecule has 2 N–H and O–H groups in total. The van der Waals surface area contributed by atoms with Gasteiger partial charge in [-0.3, -0.25) is 9.48 Å². The molecule has 0 fully saturated rings. The zero-order chi connectivity index (χ0) is 14.4. The zero-order valence-corrected chi connectivity index (χ0v) is 11.8. The van der Waals surface area contributed by atoms with Gasteiger partial charge in [0.2, 0.25) is 0 Å². The van der Waals surface area contributed by atoms with E-state index in [4.69, 9.17) is 5.11 Å². The van der Waals surface area contributed by atoms with E-state index in [1.54, 1.807) is 4.68 Å². The molecule has 2 aromatic rings. The van der Waals surface area contributed by atoms with Gasteiger partial charge in [-0.2, -0.15) is 5.10 Å². The Morgan fingerprint density at radius 2 is 2.00 bits per heavy atom. The van der Waals surface area contributed by atoms with Crippen LogP contribution < -0.4 is 5.32 Å². The first-order chi connectivity index (χ1) is 9.74. The van der Waals surface area contributed by atoms with Gasteiger partial charge in [-0.05, 0) is 18.9 Å². The fourth-order valence-electron chi connectivity index (χ4n) is 2.26. The Kier molecular flexibility index (Phi) is 5.12. The molecule has 0 saturated heterocycles. The molecular formula is C15H21N3O2. The monoisotopic (exact) mass is 275 g/mol. The highest BCUT2D eigenvalue weighted by Gasteiger charge is 2.14. The van der Waals surface area contributed by atoms with Gasteiger partial charge in [-0.1, -0.05) is 31.0 Å². The predicted molar refractivity (Wildman–Crippen MR) is 78.6 cm³/mol. The number of amides is 1. The smallest absolute Gasteiger partial charge is 0.272 e. The molecule has 0 spiro atoms. The average Bonchev–Trinajstić information content (AvgIpc) is 2.80. The number of rotatable bonds is 7. The summed E-state index contributed by atoms with van der Waals surface area (Å²) < 4.78 is 1.73. The maximum absolute atomic E-state index is 12.1. The number of aliphatic hydroxyl groups excluding tert-OH is 1. The minimum absolute atomic E-state index is 0.121. The molecule has 1 amide bonds. The summed E-state index contributed by atoms with van der Waals surface area (Å²) >= 11 is 0. The van der Waals surface area contributed by atoms with Gasteiger partial charge in [0.15, 0.2) is 5.69 Å². The summed E-state index contributed by atoms with van der Waals surface area (Å²) in [6.45, 7) is 0.890. The van der Waals surface area contributed by atoms with Crippen LogP contribution in [0.3, 0.4) is 0 Å². The van der Waals surface area contributed by atoms with E-state index in [-0.39, 0.29) is 12.5 Å². The summed E-state index contributed by atoms with van der Waals surface area (Å²) in [5, 5.41) is 16.8. The van der Waals surface area contributed by atoms with Crippen LogP contribution in [0.25, 0.3) is 10.9 Å². The van der Waals surface area contributed by atoms with Crippen molar-refractivity contribution in [2.24, 2.45) is 7.05 Å². The largest absolute Gasteiger partial charge is 0.396 e. The molecule has 1 aromatic carbocycles. The summed E-state index contributed by atoms with van der Waals surface area (Å²) in [4.78, 5) is 12.1. The SMILES string of the molecule is Cn1nc(C(=O)NCCCCCCO)c2ccccc21. The van der Waals surface area contributed by atoms with Gasteiger partial charge in [0.25, 0.3) is 5.91 Å². The standard InChI is InChI=1S/C15H21N3O2/c1-18-13-9-5-4-8-12(13)14(17-18)15(20)16-10-6-2-3-7-11-19/h4-5,8-9,19H,2-3,6-7,10-11H2,1H3,(H,16,20). The number of benzene rings is 1. The van der Waals surface area contributed by atoms with Crippen LogP contribution in [0, 0.1) is 0 Å². The number of aryl methyl sites for hydroxylation is 1. The summed E-state index contributed by atoms with van der Waals surface area (Å²) in [5.74, 6) is -0.121. The van der Waals surface area contributed by atoms with Crippen molar-refractivity contribution in [2.45, 2.75) is 25.7 Å². The highest BCUT2D eigenvalue weighted by molar-refractivity contribution is 6.04. The molecule has 0 aliphatic carbocycles. The Hall–Kier alpha value is -1.88. The van der Waals surface area contributed by atoms with Crippen LogP contribution >= 0.6 is 0 Å². The molecule has 108 valence electrons. The second-order valence-electron chi connectivity index (χ2n) is 4.88. The van der Waals surface area contributed by atoms with E-state index in [1.165, 1.54) is 0 Å². The molecule has 0 bridgehead atoms. The molecule has 1 heterocycles. The van der Waals surface area contributed by atoms with Gasteiger partial charge in [-0.15, -0.1) is 0 Å². The minimum atomic E-state index is -0.121. The summed E-state index contributed by atoms with van der Waals surface area (Å²) in [6, 6.07) is 7.72. The number of nitrogens with zero attached hydrogens (tertiary/aromatic N) is 2. The molecule has 0 saturated carbocycles. The number of unbranched alkanes of at least 4 members (excludes halogenated alkanes) is 3. The van der Waals surface area contributed by atoms with Crippen molar-refractivity contribution in [1.29, 1.82) is 0 Å². The number of aliphatic hydroxyl groups is 1. The molecule has 1 aromatic heterocycles. The number of carbonyl (C=O) groups is 1. The average molecular weight is 275 g/mol. The van der Waals surface area contributed by atoms with E-state index in [2.05, 4.69) is 10.4 Å². The number of hydrogen-bond acceptors (Lipinski definition) is 3. The van der Waals surface area contributed by atoms with Crippen LogP contribution in [0.2, 0.25) is 0 Å². The van der Waals surface area contributed by atoms with E-state index >= 15 is 0 Å². The summed E-state index contributed by atoms with van der Waals surface area (Å²) in [6.07, 6.45) is 3.78. The molecular weight excluding hydrogens is 254 g/mol. The number of hydrogen-bond donors (Lipinski definition) is 2. The van der Waals surface area contributed by atoms with Crippen LogP contribution in [0.15, 0.2) is 24.3 Å². The van der Waals surface area contributed by atoms with Crippen LogP contribution in [0.1, 0.15) is 36.2 Å². The molecule has 0 unspecified atom stereocenters. The lowest BCUT2D eigenvalue weighted by Crippen LogP contribution is -2.25. The third kappa shape index (κ3) is 3.36. The van der Waals surface area contributed by atoms with E-state index in [0.29, 0.717) is 12.2 Å². The third-order valence-electron chi connectivity index (χ3n) is 3.34. The van der Waals surface area contributed by atoms with Gasteiger partial charge in [0.05, 0.1) is 5.52 Å². The molecule has 20 heavy (non-hydrogen) atoms. The van der Waals surface area contributed by atoms with Crippen molar-refractivity contribution in [3.8, 4) is 0 Å². The first kappa shape index (κ1) is 14.5. The van der Waals surface area contributed by atoms with Crippen LogP contribution in [-0.2, 0) is 7.05 Å². The van der Waals surface area contributed by atoms with Crippen LogP contribution in [0.5, 0.6) is 0 Å². The van der Waals surface area contributed by atoms with E-state index in [9.17, 15) is 4.79 Å². The lowest BCUT2D eigenvalue weighted by molar-refractivity contribution is 0.0948. The van der Waals surface area contributed by atoms with Gasteiger partial charge >= 0.3 is 0 Å². The first-order valence-electron chi connectivity index (χ1n) is 7.05. The predicted octanol–water partition coefficient (Wildman–Crippen LogP) is 1.86. The second kappa shape index (κ2) is 7.05. The van der Waals surface area contributed by atoms with Gasteiger partial charge < -0.3 is 10.4 Å². The Labute approximate surface area is 118 Å². The molecule has 0 aliphatic rings. The highest BCUT2D eigenvalue weighted by Crippen LogP contribution is 2.17. The summed E-state index contributed by atoms with van der Waals surface area (Å²) in [7, 11) is 1.84. The highest BCUT2D eigenvalue weighted by atomic mass is 16.2. The normalized spacial score (nSPS) is 10.9. The number of carbonyl (C=O) groups excluding carboxylic acids is 1. The zero-order valence-electron chi connectivity index (χ0n) is 11.8. The number of aromatic nitrogens is 2. The molecule has 0 atom stereocenters. The molecule has 0 aliphatic heterocycles. The Balaban J connectivity index is 1.91. The van der Waals surface area contributed by atoms with Crippen molar-refractivity contribution < 1.29 is 9.90 Å². The van der Waals surface area contributed by atoms with Crippen molar-refractivity contribution >= 4 is 16.8 Å². The fourth-order valence-corrected chi connectivity index (χ4v) is 2.26. The van der Waals surface area contributed by atoms with Gasteiger partial charge in [0, 0.05) is 25.6 Å². The third-order valence-corrected chi connectivity index (χ3v) is 3.34. The van der Waals surface area contributed by atoms with Gasteiger partial charge in [-0.25, -0.2) is 0 Å². The molecule has 5 nitrogen and oxygen atoms in total. The van der Waals surface area contributed by atoms with Crippen molar-refractivity contribution in [1.82, 2.24) is 15.1 Å².